The molecule has 17 heavy (non-hydrogen) atoms. The topological polar surface area (TPSA) is 89.9 Å². The van der Waals surface area contributed by atoms with Crippen LogP contribution in [0.2, 0.25) is 0 Å². The number of halogens is 1. The average molecular weight is 265 g/mol. The lowest BCUT2D eigenvalue weighted by atomic mass is 10.3. The second-order valence-electron chi connectivity index (χ2n) is 3.53. The van der Waals surface area contributed by atoms with E-state index in [2.05, 4.69) is 9.47 Å². The Morgan fingerprint density at radius 1 is 1.12 bits per heavy atom. The molecule has 0 bridgehead atoms. The van der Waals surface area contributed by atoms with E-state index in [4.69, 9.17) is 16.7 Å². The Kier molecular flexibility index (Phi) is 3.98. The van der Waals surface area contributed by atoms with Crippen LogP contribution >= 0.6 is 11.6 Å². The fraction of sp³-hybridized carbons (Fsp3) is 0.700. The molecule has 1 saturated carbocycles. The van der Waals surface area contributed by atoms with Gasteiger partial charge in [0.1, 0.15) is 11.8 Å². The Balaban J connectivity index is 2.86. The molecule has 0 aliphatic heterocycles. The number of carboxylic acid groups (broad SMARTS) is 1. The maximum absolute atomic E-state index is 11.5. The molecular weight excluding hydrogens is 252 g/mol. The van der Waals surface area contributed by atoms with Gasteiger partial charge in [-0.25, -0.2) is 0 Å². The molecule has 2 atom stereocenters. The monoisotopic (exact) mass is 264 g/mol. The highest BCUT2D eigenvalue weighted by molar-refractivity contribution is 6.40. The SMILES string of the molecule is CCOC(=O)C1C(C(=O)OCC)C1(Cl)C(=O)O. The number of rotatable bonds is 5. The number of carbonyl (C=O) groups is 3. The molecule has 0 spiro atoms. The summed E-state index contributed by atoms with van der Waals surface area (Å²) in [6.07, 6.45) is 0. The highest BCUT2D eigenvalue weighted by Gasteiger charge is 2.77. The molecule has 0 saturated heterocycles. The normalized spacial score (nSPS) is 30.5. The Labute approximate surface area is 103 Å². The molecule has 2 unspecified atom stereocenters. The van der Waals surface area contributed by atoms with Gasteiger partial charge in [0, 0.05) is 0 Å². The first kappa shape index (κ1) is 13.8. The summed E-state index contributed by atoms with van der Waals surface area (Å²) in [6, 6.07) is 0. The van der Waals surface area contributed by atoms with Crippen molar-refractivity contribution in [3.63, 3.8) is 0 Å². The number of alkyl halides is 1. The maximum Gasteiger partial charge on any atom is 0.326 e. The predicted molar refractivity (Wildman–Crippen MR) is 56.5 cm³/mol. The van der Waals surface area contributed by atoms with Gasteiger partial charge in [-0.2, -0.15) is 0 Å². The number of hydrogen-bond donors (Lipinski definition) is 1. The quantitative estimate of drug-likeness (QED) is 0.572. The molecule has 1 aliphatic carbocycles. The standard InChI is InChI=1S/C10H13ClO6/c1-3-16-7(12)5-6(8(13)17-4-2)10(5,11)9(14)15/h5-6H,3-4H2,1-2H3,(H,14,15). The molecule has 0 aromatic carbocycles. The summed E-state index contributed by atoms with van der Waals surface area (Å²) in [6.45, 7) is 3.35. The maximum atomic E-state index is 11.5. The molecule has 1 fully saturated rings. The van der Waals surface area contributed by atoms with E-state index in [1.54, 1.807) is 13.8 Å². The van der Waals surface area contributed by atoms with E-state index in [0.29, 0.717) is 0 Å². The fourth-order valence-corrected chi connectivity index (χ4v) is 2.07. The predicted octanol–water partition coefficient (Wildman–Crippen LogP) is 0.421. The molecule has 0 radical (unpaired) electrons. The van der Waals surface area contributed by atoms with Crippen LogP contribution < -0.4 is 0 Å². The molecule has 0 amide bonds. The minimum absolute atomic E-state index is 0.0947. The first-order chi connectivity index (χ1) is 7.91. The van der Waals surface area contributed by atoms with E-state index in [1.807, 2.05) is 0 Å². The number of esters is 2. The Morgan fingerprint density at radius 3 is 1.71 bits per heavy atom. The van der Waals surface area contributed by atoms with Gasteiger partial charge in [-0.15, -0.1) is 11.6 Å². The van der Waals surface area contributed by atoms with E-state index < -0.39 is 34.6 Å². The lowest BCUT2D eigenvalue weighted by Gasteiger charge is -2.02. The van der Waals surface area contributed by atoms with Crippen LogP contribution in [0.5, 0.6) is 0 Å². The fourth-order valence-electron chi connectivity index (χ4n) is 1.70. The summed E-state index contributed by atoms with van der Waals surface area (Å²) in [7, 11) is 0. The lowest BCUT2D eigenvalue weighted by Crippen LogP contribution is -2.24. The van der Waals surface area contributed by atoms with Gasteiger partial charge in [-0.3, -0.25) is 14.4 Å². The van der Waals surface area contributed by atoms with Crippen molar-refractivity contribution in [2.24, 2.45) is 11.8 Å². The molecule has 96 valence electrons. The summed E-state index contributed by atoms with van der Waals surface area (Å²) in [5, 5.41) is 8.94. The summed E-state index contributed by atoms with van der Waals surface area (Å²) < 4.78 is 9.35. The van der Waals surface area contributed by atoms with E-state index in [9.17, 15) is 14.4 Å². The summed E-state index contributed by atoms with van der Waals surface area (Å²) in [5.74, 6) is -5.36. The zero-order valence-corrected chi connectivity index (χ0v) is 10.2. The summed E-state index contributed by atoms with van der Waals surface area (Å²) in [5.41, 5.74) is 0. The molecule has 0 aromatic heterocycles. The van der Waals surface area contributed by atoms with Crippen LogP contribution in [0.1, 0.15) is 13.8 Å². The van der Waals surface area contributed by atoms with Crippen LogP contribution in [-0.4, -0.2) is 41.1 Å². The third-order valence-electron chi connectivity index (χ3n) is 2.54. The van der Waals surface area contributed by atoms with Gasteiger partial charge in [0.15, 0.2) is 4.87 Å². The smallest absolute Gasteiger partial charge is 0.326 e. The second-order valence-corrected chi connectivity index (χ2v) is 4.16. The second kappa shape index (κ2) is 4.91. The van der Waals surface area contributed by atoms with Crippen LogP contribution in [-0.2, 0) is 23.9 Å². The number of ether oxygens (including phenoxy) is 2. The molecule has 1 N–H and O–H groups in total. The number of carbonyl (C=O) groups excluding carboxylic acids is 2. The first-order valence-corrected chi connectivity index (χ1v) is 5.54. The van der Waals surface area contributed by atoms with Gasteiger partial charge in [0.25, 0.3) is 0 Å². The Bertz CT molecular complexity index is 329. The molecule has 0 aromatic rings. The van der Waals surface area contributed by atoms with Crippen molar-refractivity contribution < 1.29 is 29.0 Å². The minimum atomic E-state index is -1.93. The highest BCUT2D eigenvalue weighted by Crippen LogP contribution is 2.57. The first-order valence-electron chi connectivity index (χ1n) is 5.16. The van der Waals surface area contributed by atoms with Crippen molar-refractivity contribution in [2.75, 3.05) is 13.2 Å². The number of hydrogen-bond acceptors (Lipinski definition) is 5. The van der Waals surface area contributed by atoms with Crippen molar-refractivity contribution in [3.8, 4) is 0 Å². The van der Waals surface area contributed by atoms with Crippen LogP contribution in [0.4, 0.5) is 0 Å². The molecule has 1 rings (SSSR count). The van der Waals surface area contributed by atoms with E-state index in [0.717, 1.165) is 0 Å². The van der Waals surface area contributed by atoms with Gasteiger partial charge in [-0.1, -0.05) is 0 Å². The van der Waals surface area contributed by atoms with Gasteiger partial charge >= 0.3 is 17.9 Å². The van der Waals surface area contributed by atoms with E-state index in [-0.39, 0.29) is 13.2 Å². The molecular formula is C10H13ClO6. The van der Waals surface area contributed by atoms with Gasteiger partial charge in [0.05, 0.1) is 13.2 Å². The molecule has 0 heterocycles. The van der Waals surface area contributed by atoms with Crippen molar-refractivity contribution in [1.29, 1.82) is 0 Å². The average Bonchev–Trinajstić information content (AvgIpc) is 2.87. The highest BCUT2D eigenvalue weighted by atomic mass is 35.5. The minimum Gasteiger partial charge on any atom is -0.480 e. The third kappa shape index (κ3) is 2.22. The van der Waals surface area contributed by atoms with Gasteiger partial charge in [0.2, 0.25) is 0 Å². The van der Waals surface area contributed by atoms with Crippen LogP contribution in [0.15, 0.2) is 0 Å². The Hall–Kier alpha value is -1.30. The van der Waals surface area contributed by atoms with Crippen molar-refractivity contribution in [2.45, 2.75) is 18.7 Å². The van der Waals surface area contributed by atoms with Crippen molar-refractivity contribution in [1.82, 2.24) is 0 Å². The molecule has 1 aliphatic rings. The van der Waals surface area contributed by atoms with Crippen LogP contribution in [0, 0.1) is 11.8 Å². The van der Waals surface area contributed by atoms with Crippen molar-refractivity contribution in [3.05, 3.63) is 0 Å². The number of aliphatic carboxylic acids is 1. The zero-order chi connectivity index (χ0) is 13.2. The lowest BCUT2D eigenvalue weighted by molar-refractivity contribution is -0.150. The molecule has 7 heteroatoms. The third-order valence-corrected chi connectivity index (χ3v) is 3.17. The summed E-state index contributed by atoms with van der Waals surface area (Å²) >= 11 is 5.77. The number of carboxylic acids is 1. The zero-order valence-electron chi connectivity index (χ0n) is 9.44. The van der Waals surface area contributed by atoms with E-state index in [1.165, 1.54) is 0 Å². The molecule has 6 nitrogen and oxygen atoms in total. The van der Waals surface area contributed by atoms with E-state index >= 15 is 0 Å². The summed E-state index contributed by atoms with van der Waals surface area (Å²) in [4.78, 5) is 32.0. The Morgan fingerprint density at radius 2 is 1.47 bits per heavy atom. The van der Waals surface area contributed by atoms with Crippen LogP contribution in [0.25, 0.3) is 0 Å². The largest absolute Gasteiger partial charge is 0.480 e. The van der Waals surface area contributed by atoms with Gasteiger partial charge in [-0.05, 0) is 13.8 Å². The van der Waals surface area contributed by atoms with Gasteiger partial charge < -0.3 is 14.6 Å². The van der Waals surface area contributed by atoms with Crippen molar-refractivity contribution >= 4 is 29.5 Å². The van der Waals surface area contributed by atoms with Crippen LogP contribution in [0.3, 0.4) is 0 Å².